The fourth-order valence-corrected chi connectivity index (χ4v) is 2.09. The third kappa shape index (κ3) is 4.24. The predicted octanol–water partition coefficient (Wildman–Crippen LogP) is 2.04. The highest BCUT2D eigenvalue weighted by Gasteiger charge is 2.14. The van der Waals surface area contributed by atoms with Crippen LogP contribution in [0.4, 0.5) is 0 Å². The first kappa shape index (κ1) is 15.5. The van der Waals surface area contributed by atoms with E-state index >= 15 is 0 Å². The van der Waals surface area contributed by atoms with Gasteiger partial charge < -0.3 is 14.7 Å². The van der Waals surface area contributed by atoms with Gasteiger partial charge in [-0.3, -0.25) is 4.79 Å². The summed E-state index contributed by atoms with van der Waals surface area (Å²) < 4.78 is 5.39. The van der Waals surface area contributed by atoms with Gasteiger partial charge in [-0.15, -0.1) is 0 Å². The fraction of sp³-hybridized carbons (Fsp3) is 0.533. The van der Waals surface area contributed by atoms with E-state index in [1.807, 2.05) is 19.9 Å². The average Bonchev–Trinajstić information content (AvgIpc) is 2.38. The average molecular weight is 265 g/mol. The lowest BCUT2D eigenvalue weighted by molar-refractivity contribution is -0.130. The highest BCUT2D eigenvalue weighted by molar-refractivity contribution is 5.76. The molecule has 4 heteroatoms. The van der Waals surface area contributed by atoms with Crippen molar-refractivity contribution in [2.75, 3.05) is 20.8 Å². The minimum atomic E-state index is 0.0380. The maximum absolute atomic E-state index is 11.9. The second-order valence-corrected chi connectivity index (χ2v) is 4.84. The van der Waals surface area contributed by atoms with Gasteiger partial charge in [-0.1, -0.05) is 6.07 Å². The van der Waals surface area contributed by atoms with Crippen LogP contribution in [0.5, 0.6) is 5.75 Å². The van der Waals surface area contributed by atoms with Gasteiger partial charge in [0.25, 0.3) is 0 Å². The highest BCUT2D eigenvalue weighted by atomic mass is 16.5. The zero-order valence-electron chi connectivity index (χ0n) is 12.2. The summed E-state index contributed by atoms with van der Waals surface area (Å²) in [5, 5.41) is 8.75. The zero-order chi connectivity index (χ0) is 14.4. The lowest BCUT2D eigenvalue weighted by Gasteiger charge is -2.20. The minimum absolute atomic E-state index is 0.0380. The second kappa shape index (κ2) is 7.14. The van der Waals surface area contributed by atoms with Crippen molar-refractivity contribution in [2.24, 2.45) is 0 Å². The minimum Gasteiger partial charge on any atom is -0.496 e. The quantitative estimate of drug-likeness (QED) is 0.856. The number of rotatable bonds is 6. The molecule has 0 heterocycles. The monoisotopic (exact) mass is 265 g/mol. The van der Waals surface area contributed by atoms with E-state index in [-0.39, 0.29) is 12.5 Å². The van der Waals surface area contributed by atoms with Crippen LogP contribution in [0.15, 0.2) is 12.1 Å². The molecule has 0 saturated carbocycles. The fourth-order valence-electron chi connectivity index (χ4n) is 2.09. The third-order valence-corrected chi connectivity index (χ3v) is 3.17. The van der Waals surface area contributed by atoms with E-state index in [0.29, 0.717) is 19.4 Å². The Bertz CT molecular complexity index is 443. The first-order valence-corrected chi connectivity index (χ1v) is 6.48. The summed E-state index contributed by atoms with van der Waals surface area (Å²) in [7, 11) is 3.42. The molecule has 1 N–H and O–H groups in total. The van der Waals surface area contributed by atoms with Gasteiger partial charge in [0.15, 0.2) is 0 Å². The number of nitrogens with zero attached hydrogens (tertiary/aromatic N) is 1. The molecule has 1 aromatic carbocycles. The van der Waals surface area contributed by atoms with Gasteiger partial charge in [0.2, 0.25) is 5.91 Å². The normalized spacial score (nSPS) is 10.4. The topological polar surface area (TPSA) is 49.8 Å². The van der Waals surface area contributed by atoms with E-state index in [4.69, 9.17) is 9.84 Å². The molecule has 19 heavy (non-hydrogen) atoms. The summed E-state index contributed by atoms with van der Waals surface area (Å²) in [6.45, 7) is 4.62. The molecule has 0 aromatic heterocycles. The van der Waals surface area contributed by atoms with Crippen LogP contribution in [0.3, 0.4) is 0 Å². The Kier molecular flexibility index (Phi) is 5.83. The van der Waals surface area contributed by atoms with Crippen LogP contribution in [-0.2, 0) is 11.3 Å². The van der Waals surface area contributed by atoms with Gasteiger partial charge in [-0.2, -0.15) is 0 Å². The first-order chi connectivity index (χ1) is 8.99. The number of benzene rings is 1. The molecule has 0 aliphatic heterocycles. The molecular formula is C15H23NO3. The Morgan fingerprint density at radius 1 is 1.37 bits per heavy atom. The van der Waals surface area contributed by atoms with E-state index in [0.717, 1.165) is 22.4 Å². The lowest BCUT2D eigenvalue weighted by Crippen LogP contribution is -2.26. The van der Waals surface area contributed by atoms with Crippen molar-refractivity contribution in [3.63, 3.8) is 0 Å². The molecule has 0 aliphatic rings. The van der Waals surface area contributed by atoms with Gasteiger partial charge in [0.05, 0.1) is 7.11 Å². The van der Waals surface area contributed by atoms with Crippen molar-refractivity contribution in [3.8, 4) is 5.75 Å². The summed E-state index contributed by atoms with van der Waals surface area (Å²) in [6, 6.07) is 4.07. The maximum atomic E-state index is 11.9. The van der Waals surface area contributed by atoms with Crippen LogP contribution in [0.2, 0.25) is 0 Å². The summed E-state index contributed by atoms with van der Waals surface area (Å²) >= 11 is 0. The van der Waals surface area contributed by atoms with Crippen LogP contribution in [-0.4, -0.2) is 36.7 Å². The first-order valence-electron chi connectivity index (χ1n) is 6.48. The van der Waals surface area contributed by atoms with Crippen LogP contribution < -0.4 is 4.74 Å². The van der Waals surface area contributed by atoms with Gasteiger partial charge in [0, 0.05) is 32.2 Å². The highest BCUT2D eigenvalue weighted by Crippen LogP contribution is 2.25. The summed E-state index contributed by atoms with van der Waals surface area (Å²) in [5.74, 6) is 0.857. The Morgan fingerprint density at radius 2 is 2.05 bits per heavy atom. The molecular weight excluding hydrogens is 242 g/mol. The van der Waals surface area contributed by atoms with Gasteiger partial charge in [0.1, 0.15) is 5.75 Å². The molecule has 0 bridgehead atoms. The second-order valence-electron chi connectivity index (χ2n) is 4.84. The van der Waals surface area contributed by atoms with Crippen LogP contribution in [0, 0.1) is 13.8 Å². The zero-order valence-corrected chi connectivity index (χ0v) is 12.2. The number of aliphatic hydroxyl groups excluding tert-OH is 1. The van der Waals surface area contributed by atoms with Crippen molar-refractivity contribution in [3.05, 3.63) is 28.8 Å². The van der Waals surface area contributed by atoms with Crippen molar-refractivity contribution in [1.82, 2.24) is 4.90 Å². The predicted molar refractivity (Wildman–Crippen MR) is 75.3 cm³/mol. The number of hydrogen-bond acceptors (Lipinski definition) is 3. The Balaban J connectivity index is 2.84. The number of carbonyl (C=O) groups is 1. The molecule has 0 aliphatic carbocycles. The van der Waals surface area contributed by atoms with Crippen LogP contribution >= 0.6 is 0 Å². The van der Waals surface area contributed by atoms with E-state index < -0.39 is 0 Å². The molecule has 0 radical (unpaired) electrons. The molecule has 1 aromatic rings. The van der Waals surface area contributed by atoms with E-state index in [1.54, 1.807) is 19.1 Å². The summed E-state index contributed by atoms with van der Waals surface area (Å²) in [6.07, 6.45) is 0.882. The van der Waals surface area contributed by atoms with E-state index in [1.165, 1.54) is 0 Å². The molecule has 4 nitrogen and oxygen atoms in total. The summed E-state index contributed by atoms with van der Waals surface area (Å²) in [4.78, 5) is 13.5. The van der Waals surface area contributed by atoms with Crippen molar-refractivity contribution in [2.45, 2.75) is 33.2 Å². The molecule has 0 unspecified atom stereocenters. The third-order valence-electron chi connectivity index (χ3n) is 3.17. The lowest BCUT2D eigenvalue weighted by atomic mass is 10.0. The van der Waals surface area contributed by atoms with Crippen LogP contribution in [0.25, 0.3) is 0 Å². The number of methoxy groups -OCH3 is 1. The standard InChI is InChI=1S/C15H23NO3/c1-11-8-12(2)13(14(9-11)19-4)10-16(3)15(18)6-5-7-17/h8-9,17H,5-7,10H2,1-4H3. The number of carbonyl (C=O) groups excluding carboxylic acids is 1. The molecule has 106 valence electrons. The maximum Gasteiger partial charge on any atom is 0.222 e. The number of ether oxygens (including phenoxy) is 1. The van der Waals surface area contributed by atoms with Crippen molar-refractivity contribution in [1.29, 1.82) is 0 Å². The van der Waals surface area contributed by atoms with Crippen molar-refractivity contribution >= 4 is 5.91 Å². The Hall–Kier alpha value is -1.55. The smallest absolute Gasteiger partial charge is 0.222 e. The van der Waals surface area contributed by atoms with Gasteiger partial charge >= 0.3 is 0 Å². The molecule has 0 saturated heterocycles. The van der Waals surface area contributed by atoms with Crippen LogP contribution in [0.1, 0.15) is 29.5 Å². The number of aliphatic hydroxyl groups is 1. The summed E-state index contributed by atoms with van der Waals surface area (Å²) in [5.41, 5.74) is 3.30. The Morgan fingerprint density at radius 3 is 2.63 bits per heavy atom. The molecule has 0 spiro atoms. The number of aryl methyl sites for hydroxylation is 2. The SMILES string of the molecule is COc1cc(C)cc(C)c1CN(C)C(=O)CCCO. The molecule has 0 atom stereocenters. The number of amides is 1. The van der Waals surface area contributed by atoms with Crippen molar-refractivity contribution < 1.29 is 14.6 Å². The Labute approximate surface area is 115 Å². The molecule has 0 fully saturated rings. The molecule has 1 rings (SSSR count). The van der Waals surface area contributed by atoms with Gasteiger partial charge in [-0.25, -0.2) is 0 Å². The molecule has 1 amide bonds. The van der Waals surface area contributed by atoms with E-state index in [2.05, 4.69) is 6.07 Å². The largest absolute Gasteiger partial charge is 0.496 e. The number of hydrogen-bond donors (Lipinski definition) is 1. The van der Waals surface area contributed by atoms with Gasteiger partial charge in [-0.05, 0) is 37.5 Å². The van der Waals surface area contributed by atoms with E-state index in [9.17, 15) is 4.79 Å².